The first-order valence-electron chi connectivity index (χ1n) is 8.76. The van der Waals surface area contributed by atoms with Crippen molar-refractivity contribution >= 4 is 28.6 Å². The quantitative estimate of drug-likeness (QED) is 0.852. The highest BCUT2D eigenvalue weighted by Gasteiger charge is 2.32. The molecule has 4 rings (SSSR count). The van der Waals surface area contributed by atoms with Crippen LogP contribution in [0, 0.1) is 0 Å². The van der Waals surface area contributed by atoms with Crippen molar-refractivity contribution in [2.24, 2.45) is 0 Å². The number of hydrogen-bond acceptors (Lipinski definition) is 4. The number of nitrogens with zero attached hydrogens (tertiary/aromatic N) is 2. The lowest BCUT2D eigenvalue weighted by Gasteiger charge is -2.30. The average molecular weight is 357 g/mol. The number of amides is 2. The van der Waals surface area contributed by atoms with Crippen LogP contribution in [0.4, 0.5) is 10.5 Å². The lowest BCUT2D eigenvalue weighted by molar-refractivity contribution is -0.116. The SMILES string of the molecule is COc1cc2c3c(c1)c1c(n3CC(=O)N2)CCN(C(=O)OC(C)(C)C)C1. The van der Waals surface area contributed by atoms with Crippen molar-refractivity contribution in [3.8, 4) is 5.75 Å². The van der Waals surface area contributed by atoms with Gasteiger partial charge in [0.05, 0.1) is 24.9 Å². The van der Waals surface area contributed by atoms with Crippen LogP contribution >= 0.6 is 0 Å². The Morgan fingerprint density at radius 3 is 2.69 bits per heavy atom. The van der Waals surface area contributed by atoms with Crippen LogP contribution in [0.25, 0.3) is 10.9 Å². The van der Waals surface area contributed by atoms with Crippen molar-refractivity contribution in [1.29, 1.82) is 0 Å². The van der Waals surface area contributed by atoms with Crippen LogP contribution < -0.4 is 10.1 Å². The van der Waals surface area contributed by atoms with Crippen molar-refractivity contribution in [3.05, 3.63) is 23.4 Å². The van der Waals surface area contributed by atoms with Gasteiger partial charge in [-0.3, -0.25) is 4.79 Å². The van der Waals surface area contributed by atoms with Crippen molar-refractivity contribution in [2.75, 3.05) is 19.0 Å². The van der Waals surface area contributed by atoms with E-state index in [-0.39, 0.29) is 12.0 Å². The summed E-state index contributed by atoms with van der Waals surface area (Å²) in [5.74, 6) is 0.643. The fourth-order valence-electron chi connectivity index (χ4n) is 3.76. The molecule has 0 radical (unpaired) electrons. The number of methoxy groups -OCH3 is 1. The second-order valence-electron chi connectivity index (χ2n) is 7.78. The first-order valence-corrected chi connectivity index (χ1v) is 8.76. The van der Waals surface area contributed by atoms with Gasteiger partial charge in [-0.15, -0.1) is 0 Å². The highest BCUT2D eigenvalue weighted by atomic mass is 16.6. The minimum atomic E-state index is -0.527. The Balaban J connectivity index is 1.79. The van der Waals surface area contributed by atoms with Gasteiger partial charge in [0.2, 0.25) is 5.91 Å². The summed E-state index contributed by atoms with van der Waals surface area (Å²) >= 11 is 0. The Morgan fingerprint density at radius 2 is 2.00 bits per heavy atom. The fourth-order valence-corrected chi connectivity index (χ4v) is 3.76. The first kappa shape index (κ1) is 16.8. The van der Waals surface area contributed by atoms with E-state index in [1.165, 1.54) is 0 Å². The highest BCUT2D eigenvalue weighted by molar-refractivity contribution is 6.07. The minimum Gasteiger partial charge on any atom is -0.497 e. The summed E-state index contributed by atoms with van der Waals surface area (Å²) in [5, 5.41) is 3.94. The Morgan fingerprint density at radius 1 is 1.23 bits per heavy atom. The van der Waals surface area contributed by atoms with Gasteiger partial charge >= 0.3 is 6.09 Å². The maximum absolute atomic E-state index is 12.5. The van der Waals surface area contributed by atoms with Crippen molar-refractivity contribution in [1.82, 2.24) is 9.47 Å². The Labute approximate surface area is 151 Å². The summed E-state index contributed by atoms with van der Waals surface area (Å²) in [7, 11) is 1.61. The van der Waals surface area contributed by atoms with E-state index in [0.29, 0.717) is 31.8 Å². The predicted octanol–water partition coefficient (Wildman–Crippen LogP) is 2.90. The van der Waals surface area contributed by atoms with Gasteiger partial charge in [0.25, 0.3) is 0 Å². The zero-order chi connectivity index (χ0) is 18.6. The van der Waals surface area contributed by atoms with Crippen LogP contribution in [0.1, 0.15) is 32.0 Å². The zero-order valence-electron chi connectivity index (χ0n) is 15.5. The number of rotatable bonds is 1. The number of ether oxygens (including phenoxy) is 2. The molecule has 138 valence electrons. The molecule has 3 heterocycles. The summed E-state index contributed by atoms with van der Waals surface area (Å²) in [5.41, 5.74) is 3.41. The van der Waals surface area contributed by atoms with Crippen LogP contribution in [-0.4, -0.2) is 40.7 Å². The molecule has 1 N–H and O–H groups in total. The molecule has 0 fully saturated rings. The van der Waals surface area contributed by atoms with Gasteiger partial charge in [-0.05, 0) is 26.8 Å². The number of carbonyl (C=O) groups is 2. The molecule has 2 aliphatic rings. The minimum absolute atomic E-state index is 0.0416. The standard InChI is InChI=1S/C19H23N3O4/c1-19(2,3)26-18(24)21-6-5-15-13(9-21)12-7-11(25-4)8-14-17(12)22(15)10-16(23)20-14/h7-8H,5-6,9-10H2,1-4H3,(H,20,23). The molecule has 7 nitrogen and oxygen atoms in total. The molecule has 1 aromatic heterocycles. The van der Waals surface area contributed by atoms with E-state index in [1.54, 1.807) is 12.0 Å². The zero-order valence-corrected chi connectivity index (χ0v) is 15.5. The number of hydrogen-bond donors (Lipinski definition) is 1. The van der Waals surface area contributed by atoms with Crippen molar-refractivity contribution in [2.45, 2.75) is 45.9 Å². The molecular weight excluding hydrogens is 334 g/mol. The molecule has 2 aromatic rings. The topological polar surface area (TPSA) is 72.8 Å². The van der Waals surface area contributed by atoms with Gasteiger partial charge in [-0.1, -0.05) is 0 Å². The normalized spacial score (nSPS) is 16.3. The van der Waals surface area contributed by atoms with Crippen LogP contribution in [-0.2, 0) is 29.0 Å². The van der Waals surface area contributed by atoms with Crippen LogP contribution in [0.5, 0.6) is 5.75 Å². The van der Waals surface area contributed by atoms with Gasteiger partial charge in [-0.25, -0.2) is 4.79 Å². The third-order valence-corrected chi connectivity index (χ3v) is 4.78. The summed E-state index contributed by atoms with van der Waals surface area (Å²) in [4.78, 5) is 26.3. The van der Waals surface area contributed by atoms with E-state index in [2.05, 4.69) is 9.88 Å². The molecule has 7 heteroatoms. The van der Waals surface area contributed by atoms with Gasteiger partial charge in [0, 0.05) is 35.7 Å². The van der Waals surface area contributed by atoms with E-state index in [0.717, 1.165) is 27.8 Å². The largest absolute Gasteiger partial charge is 0.497 e. The Bertz CT molecular complexity index is 923. The number of nitrogens with one attached hydrogen (secondary N) is 1. The lowest BCUT2D eigenvalue weighted by atomic mass is 10.0. The lowest BCUT2D eigenvalue weighted by Crippen LogP contribution is -2.40. The number of benzene rings is 1. The molecule has 26 heavy (non-hydrogen) atoms. The summed E-state index contributed by atoms with van der Waals surface area (Å²) in [6.45, 7) is 6.94. The summed E-state index contributed by atoms with van der Waals surface area (Å²) in [6, 6.07) is 3.82. The first-order chi connectivity index (χ1) is 12.3. The molecule has 0 bridgehead atoms. The highest BCUT2D eigenvalue weighted by Crippen LogP contribution is 2.39. The van der Waals surface area contributed by atoms with E-state index < -0.39 is 5.60 Å². The summed E-state index contributed by atoms with van der Waals surface area (Å²) in [6.07, 6.45) is 0.384. The Kier molecular flexibility index (Phi) is 3.64. The number of anilines is 1. The molecule has 1 aromatic carbocycles. The van der Waals surface area contributed by atoms with E-state index >= 15 is 0 Å². The fraction of sp³-hybridized carbons (Fsp3) is 0.474. The number of fused-ring (bicyclic) bond motifs is 3. The molecule has 2 amide bonds. The molecule has 2 aliphatic heterocycles. The van der Waals surface area contributed by atoms with Crippen molar-refractivity contribution in [3.63, 3.8) is 0 Å². The molecule has 0 spiro atoms. The third kappa shape index (κ3) is 2.67. The third-order valence-electron chi connectivity index (χ3n) is 4.78. The monoisotopic (exact) mass is 357 g/mol. The van der Waals surface area contributed by atoms with Gasteiger partial charge in [0.15, 0.2) is 0 Å². The Hall–Kier alpha value is -2.70. The molecular formula is C19H23N3O4. The maximum atomic E-state index is 12.5. The molecule has 0 aliphatic carbocycles. The summed E-state index contributed by atoms with van der Waals surface area (Å²) < 4.78 is 13.0. The maximum Gasteiger partial charge on any atom is 0.410 e. The van der Waals surface area contributed by atoms with E-state index in [1.807, 2.05) is 32.9 Å². The van der Waals surface area contributed by atoms with Crippen molar-refractivity contribution < 1.29 is 19.1 Å². The van der Waals surface area contributed by atoms with Gasteiger partial charge in [-0.2, -0.15) is 0 Å². The van der Waals surface area contributed by atoms with Crippen LogP contribution in [0.15, 0.2) is 12.1 Å². The van der Waals surface area contributed by atoms with Gasteiger partial charge in [0.1, 0.15) is 17.9 Å². The number of aromatic nitrogens is 1. The van der Waals surface area contributed by atoms with Crippen LogP contribution in [0.3, 0.4) is 0 Å². The van der Waals surface area contributed by atoms with Crippen LogP contribution in [0.2, 0.25) is 0 Å². The molecule has 0 saturated heterocycles. The van der Waals surface area contributed by atoms with E-state index in [4.69, 9.17) is 9.47 Å². The average Bonchev–Trinajstić information content (AvgIpc) is 2.87. The number of carbonyl (C=O) groups excluding carboxylic acids is 2. The molecule has 0 unspecified atom stereocenters. The second-order valence-corrected chi connectivity index (χ2v) is 7.78. The van der Waals surface area contributed by atoms with E-state index in [9.17, 15) is 9.59 Å². The smallest absolute Gasteiger partial charge is 0.410 e. The van der Waals surface area contributed by atoms with Gasteiger partial charge < -0.3 is 24.3 Å². The molecule has 0 saturated carbocycles. The second kappa shape index (κ2) is 5.65. The predicted molar refractivity (Wildman–Crippen MR) is 97.5 cm³/mol. The molecule has 0 atom stereocenters.